The zero-order valence-electron chi connectivity index (χ0n) is 11.5. The van der Waals surface area contributed by atoms with Crippen molar-refractivity contribution in [2.75, 3.05) is 24.3 Å². The molecule has 5 nitrogen and oxygen atoms in total. The maximum absolute atomic E-state index is 6.00. The molecule has 0 amide bonds. The van der Waals surface area contributed by atoms with Crippen molar-refractivity contribution in [3.63, 3.8) is 0 Å². The maximum atomic E-state index is 6.00. The van der Waals surface area contributed by atoms with E-state index in [-0.39, 0.29) is 0 Å². The molecular weight excluding hydrogens is 276 g/mol. The first-order valence-corrected chi connectivity index (χ1v) is 6.78. The summed E-state index contributed by atoms with van der Waals surface area (Å²) in [5.41, 5.74) is 0.764. The summed E-state index contributed by atoms with van der Waals surface area (Å²) in [6.45, 7) is 2.93. The van der Waals surface area contributed by atoms with E-state index in [0.29, 0.717) is 22.5 Å². The first kappa shape index (κ1) is 14.4. The van der Waals surface area contributed by atoms with Crippen molar-refractivity contribution in [2.45, 2.75) is 13.3 Å². The Labute approximate surface area is 123 Å². The molecule has 2 aromatic rings. The van der Waals surface area contributed by atoms with Gasteiger partial charge in [0.25, 0.3) is 0 Å². The number of aromatic nitrogens is 2. The Balaban J connectivity index is 2.19. The number of anilines is 3. The third-order valence-electron chi connectivity index (χ3n) is 2.61. The fraction of sp³-hybridized carbons (Fsp3) is 0.286. The molecule has 6 heteroatoms. The molecule has 0 saturated heterocycles. The molecule has 0 radical (unpaired) electrons. The second-order valence-electron chi connectivity index (χ2n) is 4.16. The van der Waals surface area contributed by atoms with Gasteiger partial charge < -0.3 is 15.4 Å². The molecule has 0 aliphatic heterocycles. The van der Waals surface area contributed by atoms with E-state index in [0.717, 1.165) is 18.7 Å². The van der Waals surface area contributed by atoms with Gasteiger partial charge in [-0.3, -0.25) is 0 Å². The van der Waals surface area contributed by atoms with Gasteiger partial charge in [0.15, 0.2) is 0 Å². The highest BCUT2D eigenvalue weighted by atomic mass is 35.5. The zero-order chi connectivity index (χ0) is 14.4. The highest BCUT2D eigenvalue weighted by Crippen LogP contribution is 2.29. The molecule has 1 heterocycles. The lowest BCUT2D eigenvalue weighted by Crippen LogP contribution is -2.05. The standard InChI is InChI=1S/C14H17ClN4O/c1-3-7-16-14-17-8-6-13(19-14)18-11-9-10(15)4-5-12(11)20-2/h4-6,8-9H,3,7H2,1-2H3,(H2,16,17,18,19). The second-order valence-corrected chi connectivity index (χ2v) is 4.60. The highest BCUT2D eigenvalue weighted by molar-refractivity contribution is 6.31. The van der Waals surface area contributed by atoms with Crippen molar-refractivity contribution in [2.24, 2.45) is 0 Å². The van der Waals surface area contributed by atoms with Gasteiger partial charge in [0, 0.05) is 17.8 Å². The van der Waals surface area contributed by atoms with Crippen molar-refractivity contribution in [1.29, 1.82) is 0 Å². The van der Waals surface area contributed by atoms with E-state index < -0.39 is 0 Å². The Bertz CT molecular complexity index is 577. The van der Waals surface area contributed by atoms with Gasteiger partial charge in [-0.25, -0.2) is 4.98 Å². The molecule has 2 N–H and O–H groups in total. The van der Waals surface area contributed by atoms with Crippen LogP contribution in [0.5, 0.6) is 5.75 Å². The van der Waals surface area contributed by atoms with Crippen LogP contribution in [-0.2, 0) is 0 Å². The summed E-state index contributed by atoms with van der Waals surface area (Å²) in [4.78, 5) is 8.54. The second kappa shape index (κ2) is 6.96. The zero-order valence-corrected chi connectivity index (χ0v) is 12.2. The predicted molar refractivity (Wildman–Crippen MR) is 82.1 cm³/mol. The van der Waals surface area contributed by atoms with Crippen LogP contribution in [0.2, 0.25) is 5.02 Å². The third-order valence-corrected chi connectivity index (χ3v) is 2.85. The van der Waals surface area contributed by atoms with Gasteiger partial charge in [0.2, 0.25) is 5.95 Å². The van der Waals surface area contributed by atoms with Crippen LogP contribution in [0.15, 0.2) is 30.5 Å². The highest BCUT2D eigenvalue weighted by Gasteiger charge is 2.06. The number of rotatable bonds is 6. The lowest BCUT2D eigenvalue weighted by molar-refractivity contribution is 0.417. The molecule has 0 aliphatic carbocycles. The van der Waals surface area contributed by atoms with E-state index in [1.165, 1.54) is 0 Å². The minimum atomic E-state index is 0.595. The van der Waals surface area contributed by atoms with E-state index in [4.69, 9.17) is 16.3 Å². The summed E-state index contributed by atoms with van der Waals surface area (Å²) in [6, 6.07) is 7.17. The normalized spacial score (nSPS) is 10.2. The molecular formula is C14H17ClN4O. The van der Waals surface area contributed by atoms with Crippen LogP contribution >= 0.6 is 11.6 Å². The van der Waals surface area contributed by atoms with Gasteiger partial charge in [-0.15, -0.1) is 0 Å². The molecule has 0 bridgehead atoms. The number of nitrogens with zero attached hydrogens (tertiary/aromatic N) is 2. The van der Waals surface area contributed by atoms with Gasteiger partial charge >= 0.3 is 0 Å². The lowest BCUT2D eigenvalue weighted by atomic mass is 10.3. The SMILES string of the molecule is CCCNc1nccc(Nc2cc(Cl)ccc2OC)n1. The third kappa shape index (κ3) is 3.74. The molecule has 20 heavy (non-hydrogen) atoms. The molecule has 0 unspecified atom stereocenters. The number of halogens is 1. The number of ether oxygens (including phenoxy) is 1. The van der Waals surface area contributed by atoms with Crippen molar-refractivity contribution >= 4 is 29.1 Å². The molecule has 0 aliphatic rings. The number of methoxy groups -OCH3 is 1. The average molecular weight is 293 g/mol. The van der Waals surface area contributed by atoms with Crippen LogP contribution < -0.4 is 15.4 Å². The van der Waals surface area contributed by atoms with Gasteiger partial charge in [0.1, 0.15) is 11.6 Å². The lowest BCUT2D eigenvalue weighted by Gasteiger charge is -2.11. The van der Waals surface area contributed by atoms with Crippen LogP contribution in [0.4, 0.5) is 17.5 Å². The van der Waals surface area contributed by atoms with Crippen LogP contribution in [0.3, 0.4) is 0 Å². The van der Waals surface area contributed by atoms with E-state index in [9.17, 15) is 0 Å². The van der Waals surface area contributed by atoms with Gasteiger partial charge in [-0.1, -0.05) is 18.5 Å². The van der Waals surface area contributed by atoms with Crippen molar-refractivity contribution in [3.05, 3.63) is 35.5 Å². The first-order chi connectivity index (χ1) is 9.72. The van der Waals surface area contributed by atoms with Gasteiger partial charge in [-0.05, 0) is 30.7 Å². The molecule has 1 aromatic carbocycles. The smallest absolute Gasteiger partial charge is 0.224 e. The van der Waals surface area contributed by atoms with Crippen LogP contribution in [0, 0.1) is 0 Å². The monoisotopic (exact) mass is 292 g/mol. The largest absolute Gasteiger partial charge is 0.495 e. The number of benzene rings is 1. The van der Waals surface area contributed by atoms with Gasteiger partial charge in [0.05, 0.1) is 12.8 Å². The van der Waals surface area contributed by atoms with Crippen molar-refractivity contribution in [1.82, 2.24) is 9.97 Å². The minimum Gasteiger partial charge on any atom is -0.495 e. The van der Waals surface area contributed by atoms with Crippen LogP contribution in [0.25, 0.3) is 0 Å². The summed E-state index contributed by atoms with van der Waals surface area (Å²) >= 11 is 6.00. The number of hydrogen-bond donors (Lipinski definition) is 2. The first-order valence-electron chi connectivity index (χ1n) is 6.40. The Morgan fingerprint density at radius 1 is 1.30 bits per heavy atom. The van der Waals surface area contributed by atoms with E-state index in [1.807, 2.05) is 6.07 Å². The van der Waals surface area contributed by atoms with Crippen molar-refractivity contribution in [3.8, 4) is 5.75 Å². The molecule has 0 spiro atoms. The molecule has 106 valence electrons. The molecule has 0 saturated carbocycles. The summed E-state index contributed by atoms with van der Waals surface area (Å²) in [5.74, 6) is 1.98. The molecule has 0 fully saturated rings. The quantitative estimate of drug-likeness (QED) is 0.850. The van der Waals surface area contributed by atoms with E-state index in [2.05, 4.69) is 27.5 Å². The minimum absolute atomic E-state index is 0.595. The summed E-state index contributed by atoms with van der Waals surface area (Å²) in [5, 5.41) is 6.95. The number of nitrogens with one attached hydrogen (secondary N) is 2. The van der Waals surface area contributed by atoms with Gasteiger partial charge in [-0.2, -0.15) is 4.98 Å². The average Bonchev–Trinajstić information content (AvgIpc) is 2.46. The Hall–Kier alpha value is -2.01. The predicted octanol–water partition coefficient (Wildman–Crippen LogP) is 3.70. The van der Waals surface area contributed by atoms with E-state index in [1.54, 1.807) is 31.5 Å². The summed E-state index contributed by atoms with van der Waals surface area (Å²) in [7, 11) is 1.61. The van der Waals surface area contributed by atoms with Crippen molar-refractivity contribution < 1.29 is 4.74 Å². The topological polar surface area (TPSA) is 59.1 Å². The van der Waals surface area contributed by atoms with E-state index >= 15 is 0 Å². The Morgan fingerprint density at radius 2 is 2.15 bits per heavy atom. The summed E-state index contributed by atoms with van der Waals surface area (Å²) in [6.07, 6.45) is 2.72. The summed E-state index contributed by atoms with van der Waals surface area (Å²) < 4.78 is 5.29. The fourth-order valence-electron chi connectivity index (χ4n) is 1.67. The molecule has 0 atom stereocenters. The maximum Gasteiger partial charge on any atom is 0.224 e. The molecule has 2 rings (SSSR count). The number of hydrogen-bond acceptors (Lipinski definition) is 5. The Morgan fingerprint density at radius 3 is 2.90 bits per heavy atom. The fourth-order valence-corrected chi connectivity index (χ4v) is 1.84. The van der Waals surface area contributed by atoms with Crippen LogP contribution in [-0.4, -0.2) is 23.6 Å². The Kier molecular flexibility index (Phi) is 5.01. The molecule has 1 aromatic heterocycles. The van der Waals surface area contributed by atoms with Crippen LogP contribution in [0.1, 0.15) is 13.3 Å².